The lowest BCUT2D eigenvalue weighted by atomic mass is 10.1. The molecule has 0 aromatic heterocycles. The van der Waals surface area contributed by atoms with Crippen LogP contribution in [-0.4, -0.2) is 57.1 Å². The first kappa shape index (κ1) is 19.1. The number of carbonyl (C=O) groups is 3. The lowest BCUT2D eigenvalue weighted by molar-refractivity contribution is -0.155. The molecule has 1 heterocycles. The van der Waals surface area contributed by atoms with Crippen LogP contribution in [0.25, 0.3) is 0 Å². The fraction of sp³-hybridized carbons (Fsp3) is 0.800. The zero-order valence-corrected chi connectivity index (χ0v) is 14.6. The minimum atomic E-state index is -1.19. The summed E-state index contributed by atoms with van der Waals surface area (Å²) in [6.45, 7) is 10.3. The summed E-state index contributed by atoms with van der Waals surface area (Å²) in [5, 5.41) is 11.2. The van der Waals surface area contributed by atoms with Gasteiger partial charge in [-0.2, -0.15) is 5.01 Å². The van der Waals surface area contributed by atoms with E-state index in [1.54, 1.807) is 41.5 Å². The molecule has 0 bridgehead atoms. The molecule has 1 aliphatic heterocycles. The van der Waals surface area contributed by atoms with Gasteiger partial charge in [0.1, 0.15) is 11.2 Å². The molecular formula is C15H26N2O6. The maximum Gasteiger partial charge on any atom is 0.430 e. The van der Waals surface area contributed by atoms with Crippen molar-refractivity contribution < 1.29 is 29.0 Å². The highest BCUT2D eigenvalue weighted by Crippen LogP contribution is 2.24. The predicted octanol–water partition coefficient (Wildman–Crippen LogP) is 2.62. The van der Waals surface area contributed by atoms with E-state index >= 15 is 0 Å². The second-order valence-electron chi connectivity index (χ2n) is 7.42. The Bertz CT molecular complexity index is 477. The van der Waals surface area contributed by atoms with E-state index in [0.717, 1.165) is 10.0 Å². The molecule has 1 aliphatic rings. The lowest BCUT2D eigenvalue weighted by Gasteiger charge is -2.42. The normalized spacial score (nSPS) is 19.3. The molecule has 0 unspecified atom stereocenters. The number of aliphatic carboxylic acids is 1. The monoisotopic (exact) mass is 330 g/mol. The topological polar surface area (TPSA) is 96.4 Å². The second kappa shape index (κ2) is 6.64. The molecule has 0 saturated carbocycles. The van der Waals surface area contributed by atoms with Gasteiger partial charge in [-0.1, -0.05) is 0 Å². The Hall–Kier alpha value is -1.99. The van der Waals surface area contributed by atoms with Gasteiger partial charge in [0.25, 0.3) is 0 Å². The number of hydrazine groups is 1. The summed E-state index contributed by atoms with van der Waals surface area (Å²) in [5.74, 6) is -1.19. The van der Waals surface area contributed by atoms with E-state index < -0.39 is 35.4 Å². The molecular weight excluding hydrogens is 304 g/mol. The number of carbonyl (C=O) groups excluding carboxylic acids is 2. The summed E-state index contributed by atoms with van der Waals surface area (Å²) >= 11 is 0. The fourth-order valence-corrected chi connectivity index (χ4v) is 2.09. The van der Waals surface area contributed by atoms with Gasteiger partial charge in [-0.15, -0.1) is 0 Å². The van der Waals surface area contributed by atoms with E-state index in [4.69, 9.17) is 9.47 Å². The Kier molecular flexibility index (Phi) is 5.50. The van der Waals surface area contributed by atoms with Crippen molar-refractivity contribution in [1.82, 2.24) is 10.0 Å². The van der Waals surface area contributed by atoms with E-state index in [0.29, 0.717) is 6.42 Å². The highest BCUT2D eigenvalue weighted by molar-refractivity contribution is 5.82. The molecule has 1 rings (SSSR count). The fourth-order valence-electron chi connectivity index (χ4n) is 2.09. The molecule has 2 amide bonds. The lowest BCUT2D eigenvalue weighted by Crippen LogP contribution is -2.61. The number of hydrogen-bond donors (Lipinski definition) is 1. The largest absolute Gasteiger partial charge is 0.480 e. The average Bonchev–Trinajstić information content (AvgIpc) is 2.33. The molecule has 1 atom stereocenters. The summed E-state index contributed by atoms with van der Waals surface area (Å²) in [5.41, 5.74) is -1.57. The second-order valence-corrected chi connectivity index (χ2v) is 7.42. The van der Waals surface area contributed by atoms with Gasteiger partial charge in [0.15, 0.2) is 6.04 Å². The molecule has 1 fully saturated rings. The zero-order valence-electron chi connectivity index (χ0n) is 14.6. The van der Waals surface area contributed by atoms with Crippen LogP contribution in [0.5, 0.6) is 0 Å². The van der Waals surface area contributed by atoms with Crippen molar-refractivity contribution in [3.8, 4) is 0 Å². The van der Waals surface area contributed by atoms with Gasteiger partial charge in [0, 0.05) is 6.54 Å². The van der Waals surface area contributed by atoms with Crippen LogP contribution in [-0.2, 0) is 14.3 Å². The number of amides is 2. The Morgan fingerprint density at radius 2 is 1.43 bits per heavy atom. The quantitative estimate of drug-likeness (QED) is 0.794. The van der Waals surface area contributed by atoms with Crippen molar-refractivity contribution in [2.24, 2.45) is 0 Å². The number of ether oxygens (including phenoxy) is 2. The van der Waals surface area contributed by atoms with E-state index in [9.17, 15) is 19.5 Å². The molecule has 0 aliphatic carbocycles. The van der Waals surface area contributed by atoms with Crippen molar-refractivity contribution in [3.05, 3.63) is 0 Å². The van der Waals surface area contributed by atoms with Gasteiger partial charge >= 0.3 is 18.2 Å². The van der Waals surface area contributed by atoms with Gasteiger partial charge < -0.3 is 14.6 Å². The number of rotatable bonds is 1. The van der Waals surface area contributed by atoms with Crippen LogP contribution in [0.4, 0.5) is 9.59 Å². The molecule has 1 N–H and O–H groups in total. The van der Waals surface area contributed by atoms with Crippen molar-refractivity contribution in [2.45, 2.75) is 71.6 Å². The maximum absolute atomic E-state index is 12.4. The van der Waals surface area contributed by atoms with Gasteiger partial charge in [-0.3, -0.25) is 0 Å². The summed E-state index contributed by atoms with van der Waals surface area (Å²) in [6, 6.07) is -1.16. The Balaban J connectivity index is 3.07. The number of carboxylic acids is 1. The first-order valence-electron chi connectivity index (χ1n) is 7.57. The highest BCUT2D eigenvalue weighted by atomic mass is 16.6. The van der Waals surface area contributed by atoms with Crippen LogP contribution < -0.4 is 0 Å². The SMILES string of the molecule is CC(C)(C)OC(=O)N1CCC[C@@H](C(=O)O)N1C(=O)OC(C)(C)C. The molecule has 0 spiro atoms. The standard InChI is InChI=1S/C15H26N2O6/c1-14(2,3)22-12(20)16-9-7-8-10(11(18)19)17(16)13(21)23-15(4,5)6/h10H,7-9H2,1-6H3,(H,18,19)/t10-/m0/s1. The van der Waals surface area contributed by atoms with E-state index in [1.807, 2.05) is 0 Å². The Morgan fingerprint density at radius 3 is 1.87 bits per heavy atom. The van der Waals surface area contributed by atoms with Crippen LogP contribution in [0.2, 0.25) is 0 Å². The maximum atomic E-state index is 12.4. The first-order valence-corrected chi connectivity index (χ1v) is 7.57. The molecule has 0 radical (unpaired) electrons. The molecule has 0 aromatic rings. The predicted molar refractivity (Wildman–Crippen MR) is 81.7 cm³/mol. The minimum absolute atomic E-state index is 0.192. The van der Waals surface area contributed by atoms with Crippen LogP contribution in [0, 0.1) is 0 Å². The first-order chi connectivity index (χ1) is 10.3. The zero-order chi connectivity index (χ0) is 18.0. The van der Waals surface area contributed by atoms with Crippen LogP contribution in [0.3, 0.4) is 0 Å². The molecule has 8 nitrogen and oxygen atoms in total. The molecule has 8 heteroatoms. The number of nitrogens with zero attached hydrogens (tertiary/aromatic N) is 2. The average molecular weight is 330 g/mol. The summed E-state index contributed by atoms with van der Waals surface area (Å²) < 4.78 is 10.5. The van der Waals surface area contributed by atoms with Crippen LogP contribution in [0.15, 0.2) is 0 Å². The summed E-state index contributed by atoms with van der Waals surface area (Å²) in [7, 11) is 0. The van der Waals surface area contributed by atoms with Crippen LogP contribution in [0.1, 0.15) is 54.4 Å². The van der Waals surface area contributed by atoms with Crippen molar-refractivity contribution in [3.63, 3.8) is 0 Å². The van der Waals surface area contributed by atoms with Gasteiger partial charge in [0.05, 0.1) is 0 Å². The Labute approximate surface area is 136 Å². The molecule has 132 valence electrons. The highest BCUT2D eigenvalue weighted by Gasteiger charge is 2.43. The summed E-state index contributed by atoms with van der Waals surface area (Å²) in [4.78, 5) is 36.2. The third-order valence-corrected chi connectivity index (χ3v) is 2.87. The smallest absolute Gasteiger partial charge is 0.430 e. The molecule has 0 aromatic carbocycles. The van der Waals surface area contributed by atoms with E-state index in [2.05, 4.69) is 0 Å². The van der Waals surface area contributed by atoms with Crippen molar-refractivity contribution >= 4 is 18.2 Å². The van der Waals surface area contributed by atoms with E-state index in [1.165, 1.54) is 0 Å². The van der Waals surface area contributed by atoms with Crippen molar-refractivity contribution in [1.29, 1.82) is 0 Å². The number of hydrogen-bond acceptors (Lipinski definition) is 5. The van der Waals surface area contributed by atoms with Gasteiger partial charge in [-0.25, -0.2) is 19.4 Å². The third kappa shape index (κ3) is 5.61. The van der Waals surface area contributed by atoms with E-state index in [-0.39, 0.29) is 13.0 Å². The number of carboxylic acid groups (broad SMARTS) is 1. The Morgan fingerprint density at radius 1 is 0.957 bits per heavy atom. The van der Waals surface area contributed by atoms with Crippen LogP contribution >= 0.6 is 0 Å². The third-order valence-electron chi connectivity index (χ3n) is 2.87. The van der Waals surface area contributed by atoms with Gasteiger partial charge in [-0.05, 0) is 54.4 Å². The van der Waals surface area contributed by atoms with Crippen molar-refractivity contribution in [2.75, 3.05) is 6.54 Å². The summed E-state index contributed by atoms with van der Waals surface area (Å²) in [6.07, 6.45) is -0.951. The minimum Gasteiger partial charge on any atom is -0.480 e. The molecule has 23 heavy (non-hydrogen) atoms. The molecule has 1 saturated heterocycles. The van der Waals surface area contributed by atoms with Gasteiger partial charge in [0.2, 0.25) is 0 Å².